The second-order valence-electron chi connectivity index (χ2n) is 8.89. The molecule has 3 atom stereocenters. The Morgan fingerprint density at radius 1 is 1.27 bits per heavy atom. The number of nitriles is 1. The zero-order valence-corrected chi connectivity index (χ0v) is 18.7. The van der Waals surface area contributed by atoms with Gasteiger partial charge >= 0.3 is 6.09 Å². The second-order valence-corrected chi connectivity index (χ2v) is 8.89. The minimum atomic E-state index is -1.05. The Bertz CT molecular complexity index is 1080. The van der Waals surface area contributed by atoms with Crippen molar-refractivity contribution < 1.29 is 24.2 Å². The molecule has 2 heterocycles. The summed E-state index contributed by atoms with van der Waals surface area (Å²) >= 11 is 0. The molecule has 0 aliphatic carbocycles. The third kappa shape index (κ3) is 4.64. The largest absolute Gasteiger partial charge is 0.485 e. The zero-order chi connectivity index (χ0) is 23.6. The van der Waals surface area contributed by atoms with Crippen molar-refractivity contribution in [1.82, 2.24) is 10.2 Å². The topological polar surface area (TPSA) is 112 Å². The number of aliphatic hydroxyl groups is 1. The fourth-order valence-corrected chi connectivity index (χ4v) is 4.34. The maximum atomic E-state index is 13.2. The molecule has 2 amide bonds. The van der Waals surface area contributed by atoms with Gasteiger partial charge in [-0.2, -0.15) is 5.26 Å². The molecular weight excluding hydrogens is 422 g/mol. The smallest absolute Gasteiger partial charge is 0.410 e. The van der Waals surface area contributed by atoms with Crippen molar-refractivity contribution in [2.24, 2.45) is 0 Å². The second kappa shape index (κ2) is 9.12. The average molecular weight is 450 g/mol. The summed E-state index contributed by atoms with van der Waals surface area (Å²) in [6, 6.07) is 14.8. The molecule has 0 saturated carbocycles. The Hall–Kier alpha value is -3.57. The van der Waals surface area contributed by atoms with Crippen LogP contribution in [0.3, 0.4) is 0 Å². The van der Waals surface area contributed by atoms with E-state index in [2.05, 4.69) is 11.4 Å². The molecule has 0 spiro atoms. The van der Waals surface area contributed by atoms with Gasteiger partial charge in [0.2, 0.25) is 5.91 Å². The minimum Gasteiger partial charge on any atom is -0.485 e. The number of carbonyl (C=O) groups is 2. The number of hydrogen-bond acceptors (Lipinski definition) is 6. The molecule has 2 aliphatic heterocycles. The van der Waals surface area contributed by atoms with E-state index in [1.165, 1.54) is 4.90 Å². The Morgan fingerprint density at radius 2 is 2.03 bits per heavy atom. The van der Waals surface area contributed by atoms with Crippen LogP contribution < -0.4 is 10.1 Å². The third-order valence-electron chi connectivity index (χ3n) is 6.17. The maximum absolute atomic E-state index is 13.2. The van der Waals surface area contributed by atoms with E-state index < -0.39 is 29.9 Å². The van der Waals surface area contributed by atoms with E-state index in [0.29, 0.717) is 36.3 Å². The molecule has 33 heavy (non-hydrogen) atoms. The van der Waals surface area contributed by atoms with Crippen LogP contribution in [0.4, 0.5) is 4.79 Å². The van der Waals surface area contributed by atoms with Crippen LogP contribution in [0.15, 0.2) is 48.5 Å². The van der Waals surface area contributed by atoms with E-state index >= 15 is 0 Å². The zero-order valence-electron chi connectivity index (χ0n) is 18.7. The lowest BCUT2D eigenvalue weighted by Crippen LogP contribution is -2.56. The first-order chi connectivity index (χ1) is 15.8. The highest BCUT2D eigenvalue weighted by Crippen LogP contribution is 2.40. The molecule has 2 aromatic carbocycles. The molecule has 172 valence electrons. The van der Waals surface area contributed by atoms with Gasteiger partial charge in [-0.15, -0.1) is 0 Å². The van der Waals surface area contributed by atoms with Gasteiger partial charge in [-0.1, -0.05) is 30.3 Å². The van der Waals surface area contributed by atoms with Crippen LogP contribution >= 0.6 is 0 Å². The summed E-state index contributed by atoms with van der Waals surface area (Å²) in [5.41, 5.74) is 0.840. The van der Waals surface area contributed by atoms with Crippen molar-refractivity contribution in [1.29, 1.82) is 5.26 Å². The van der Waals surface area contributed by atoms with Crippen molar-refractivity contribution in [2.75, 3.05) is 6.54 Å². The van der Waals surface area contributed by atoms with Gasteiger partial charge in [0, 0.05) is 12.1 Å². The lowest BCUT2D eigenvalue weighted by atomic mass is 9.85. The van der Waals surface area contributed by atoms with E-state index in [0.717, 1.165) is 5.56 Å². The van der Waals surface area contributed by atoms with Crippen molar-refractivity contribution in [3.05, 3.63) is 65.2 Å². The molecule has 1 fully saturated rings. The Kier molecular flexibility index (Phi) is 6.25. The maximum Gasteiger partial charge on any atom is 0.410 e. The van der Waals surface area contributed by atoms with Crippen LogP contribution in [0.1, 0.15) is 49.4 Å². The molecule has 2 aliphatic rings. The predicted octanol–water partition coefficient (Wildman–Crippen LogP) is 3.05. The van der Waals surface area contributed by atoms with Crippen molar-refractivity contribution in [3.8, 4) is 11.8 Å². The molecule has 2 aromatic rings. The molecule has 0 aromatic heterocycles. The summed E-state index contributed by atoms with van der Waals surface area (Å²) < 4.78 is 11.3. The van der Waals surface area contributed by atoms with Crippen LogP contribution in [0.25, 0.3) is 0 Å². The Labute approximate surface area is 192 Å². The summed E-state index contributed by atoms with van der Waals surface area (Å²) in [6.45, 7) is 4.02. The van der Waals surface area contributed by atoms with Crippen molar-refractivity contribution >= 4 is 12.0 Å². The van der Waals surface area contributed by atoms with Crippen molar-refractivity contribution in [3.63, 3.8) is 0 Å². The lowest BCUT2D eigenvalue weighted by molar-refractivity contribution is -0.129. The van der Waals surface area contributed by atoms with Gasteiger partial charge in [-0.3, -0.25) is 9.69 Å². The monoisotopic (exact) mass is 449 g/mol. The molecule has 0 unspecified atom stereocenters. The highest BCUT2D eigenvalue weighted by molar-refractivity contribution is 5.86. The number of nitrogens with zero attached hydrogens (tertiary/aromatic N) is 2. The number of rotatable bonds is 4. The van der Waals surface area contributed by atoms with Crippen LogP contribution in [-0.4, -0.2) is 46.3 Å². The average Bonchev–Trinajstić information content (AvgIpc) is 3.31. The van der Waals surface area contributed by atoms with Gasteiger partial charge in [0.25, 0.3) is 0 Å². The predicted molar refractivity (Wildman–Crippen MR) is 119 cm³/mol. The minimum absolute atomic E-state index is 0.127. The molecule has 8 heteroatoms. The quantitative estimate of drug-likeness (QED) is 0.742. The molecule has 2 N–H and O–H groups in total. The third-order valence-corrected chi connectivity index (χ3v) is 6.17. The number of likely N-dealkylation sites (tertiary alicyclic amines) is 1. The first kappa shape index (κ1) is 22.6. The van der Waals surface area contributed by atoms with E-state index in [4.69, 9.17) is 9.47 Å². The Balaban J connectivity index is 1.49. The standard InChI is InChI=1S/C25H27N3O5/c1-25(2)22(29)21(18-13-17(14-26)10-11-20(18)33-25)27-23(30)19-9-6-12-28(19)24(31)32-15-16-7-4-3-5-8-16/h3-5,7-8,10-11,13,19,21-22,29H,6,9,12,15H2,1-2H3,(H,27,30)/t19-,21+,22-/m1/s1. The molecule has 4 rings (SSSR count). The summed E-state index contributed by atoms with van der Waals surface area (Å²) in [5.74, 6) is 0.124. The summed E-state index contributed by atoms with van der Waals surface area (Å²) in [6.07, 6.45) is -0.422. The molecule has 0 bridgehead atoms. The van der Waals surface area contributed by atoms with Gasteiger partial charge in [-0.25, -0.2) is 4.79 Å². The van der Waals surface area contributed by atoms with Gasteiger partial charge in [-0.05, 0) is 50.5 Å². The van der Waals surface area contributed by atoms with Crippen LogP contribution in [0.5, 0.6) is 5.75 Å². The van der Waals surface area contributed by atoms with Crippen LogP contribution in [0, 0.1) is 11.3 Å². The number of ether oxygens (including phenoxy) is 2. The fourth-order valence-electron chi connectivity index (χ4n) is 4.34. The van der Waals surface area contributed by atoms with E-state index in [1.807, 2.05) is 30.3 Å². The normalized spacial score (nSPS) is 23.1. The highest BCUT2D eigenvalue weighted by Gasteiger charge is 2.45. The summed E-state index contributed by atoms with van der Waals surface area (Å²) in [4.78, 5) is 27.4. The molecule has 1 saturated heterocycles. The molecule has 0 radical (unpaired) electrons. The van der Waals surface area contributed by atoms with Gasteiger partial charge in [0.05, 0.1) is 17.7 Å². The number of amides is 2. The number of hydrogen-bond donors (Lipinski definition) is 2. The van der Waals surface area contributed by atoms with E-state index in [-0.39, 0.29) is 12.5 Å². The van der Waals surface area contributed by atoms with Gasteiger partial charge in [0.15, 0.2) is 0 Å². The summed E-state index contributed by atoms with van der Waals surface area (Å²) in [7, 11) is 0. The molecular formula is C25H27N3O5. The highest BCUT2D eigenvalue weighted by atomic mass is 16.6. The number of carbonyl (C=O) groups excluding carboxylic acids is 2. The first-order valence-electron chi connectivity index (χ1n) is 11.0. The van der Waals surface area contributed by atoms with E-state index in [9.17, 15) is 20.0 Å². The number of nitrogens with one attached hydrogen (secondary N) is 1. The molecule has 8 nitrogen and oxygen atoms in total. The SMILES string of the molecule is CC1(C)Oc2ccc(C#N)cc2[C@H](NC(=O)[C@H]2CCCN2C(=O)OCc2ccccc2)[C@H]1O. The Morgan fingerprint density at radius 3 is 2.76 bits per heavy atom. The lowest BCUT2D eigenvalue weighted by Gasteiger charge is -2.42. The van der Waals surface area contributed by atoms with E-state index in [1.54, 1.807) is 32.0 Å². The van der Waals surface area contributed by atoms with Crippen LogP contribution in [0.2, 0.25) is 0 Å². The number of aliphatic hydroxyl groups excluding tert-OH is 1. The van der Waals surface area contributed by atoms with Gasteiger partial charge < -0.3 is 19.9 Å². The van der Waals surface area contributed by atoms with Crippen LogP contribution in [-0.2, 0) is 16.1 Å². The van der Waals surface area contributed by atoms with Gasteiger partial charge in [0.1, 0.15) is 30.1 Å². The summed E-state index contributed by atoms with van der Waals surface area (Å²) in [5, 5.41) is 23.1. The fraction of sp³-hybridized carbons (Fsp3) is 0.400. The first-order valence-corrected chi connectivity index (χ1v) is 11.0. The number of benzene rings is 2. The van der Waals surface area contributed by atoms with Crippen molar-refractivity contribution in [2.45, 2.75) is 57.1 Å². The number of fused-ring (bicyclic) bond motifs is 1.